The number of aromatic nitrogens is 5. The molecule has 0 spiro atoms. The van der Waals surface area contributed by atoms with E-state index in [2.05, 4.69) is 38.3 Å². The van der Waals surface area contributed by atoms with Crippen molar-refractivity contribution in [2.75, 3.05) is 5.73 Å². The van der Waals surface area contributed by atoms with Gasteiger partial charge in [-0.2, -0.15) is 5.10 Å². The highest BCUT2D eigenvalue weighted by Gasteiger charge is 2.20. The molecule has 2 aromatic carbocycles. The van der Waals surface area contributed by atoms with Gasteiger partial charge < -0.3 is 11.1 Å². The molecule has 0 unspecified atom stereocenters. The standard InChI is InChI=1S/C28H23N7O/c1-18(33-28(36)26-27(29)31-14-13-30-26)25-23(20-7-4-3-5-8-20)15-22-21(9-6-10-24(22)34-25)12-11-19-16-32-35(2)17-19/h3-10,13-18H,1-2H3,(H2,29,31)(H,33,36)/t18-/m1/s1. The second kappa shape index (κ2) is 9.68. The minimum Gasteiger partial charge on any atom is -0.382 e. The Morgan fingerprint density at radius 2 is 1.86 bits per heavy atom. The van der Waals surface area contributed by atoms with Crippen LogP contribution in [0.15, 0.2) is 79.4 Å². The number of hydrogen-bond donors (Lipinski definition) is 2. The van der Waals surface area contributed by atoms with E-state index in [1.165, 1.54) is 12.4 Å². The Labute approximate surface area is 208 Å². The zero-order valence-corrected chi connectivity index (χ0v) is 19.8. The maximum absolute atomic E-state index is 12.9. The summed E-state index contributed by atoms with van der Waals surface area (Å²) in [6, 6.07) is 17.5. The first-order chi connectivity index (χ1) is 17.5. The van der Waals surface area contributed by atoms with Crippen molar-refractivity contribution in [1.29, 1.82) is 0 Å². The zero-order valence-electron chi connectivity index (χ0n) is 19.8. The number of hydrogen-bond acceptors (Lipinski definition) is 6. The first-order valence-electron chi connectivity index (χ1n) is 11.4. The van der Waals surface area contributed by atoms with Crippen LogP contribution in [0, 0.1) is 11.8 Å². The second-order valence-corrected chi connectivity index (χ2v) is 8.30. The SMILES string of the molecule is C[C@@H](NC(=O)c1nccnc1N)c1nc2cccc(C#Cc3cnn(C)c3)c2cc1-c1ccccc1. The van der Waals surface area contributed by atoms with Crippen molar-refractivity contribution in [1.82, 2.24) is 30.0 Å². The molecule has 8 nitrogen and oxygen atoms in total. The zero-order chi connectivity index (χ0) is 25.1. The quantitative estimate of drug-likeness (QED) is 0.383. The minimum atomic E-state index is -0.427. The minimum absolute atomic E-state index is 0.0776. The number of benzene rings is 2. The number of pyridine rings is 1. The fraction of sp³-hybridized carbons (Fsp3) is 0.107. The van der Waals surface area contributed by atoms with E-state index in [4.69, 9.17) is 10.7 Å². The number of aryl methyl sites for hydroxylation is 1. The molecule has 0 aliphatic heterocycles. The number of nitrogens with zero attached hydrogens (tertiary/aromatic N) is 5. The predicted molar refractivity (Wildman–Crippen MR) is 139 cm³/mol. The molecule has 36 heavy (non-hydrogen) atoms. The summed E-state index contributed by atoms with van der Waals surface area (Å²) in [5, 5.41) is 8.07. The lowest BCUT2D eigenvalue weighted by molar-refractivity contribution is 0.0935. The van der Waals surface area contributed by atoms with Gasteiger partial charge in [0.15, 0.2) is 11.5 Å². The number of nitrogens with two attached hydrogens (primary N) is 1. The second-order valence-electron chi connectivity index (χ2n) is 8.30. The number of carbonyl (C=O) groups is 1. The molecule has 1 amide bonds. The average Bonchev–Trinajstić information content (AvgIpc) is 3.32. The molecular weight excluding hydrogens is 450 g/mol. The highest BCUT2D eigenvalue weighted by Crippen LogP contribution is 2.31. The summed E-state index contributed by atoms with van der Waals surface area (Å²) < 4.78 is 1.72. The summed E-state index contributed by atoms with van der Waals surface area (Å²) in [6.07, 6.45) is 6.49. The summed E-state index contributed by atoms with van der Waals surface area (Å²) in [5.41, 5.74) is 11.0. The van der Waals surface area contributed by atoms with Crippen LogP contribution in [0.4, 0.5) is 5.82 Å². The van der Waals surface area contributed by atoms with Crippen molar-refractivity contribution in [2.45, 2.75) is 13.0 Å². The molecule has 3 heterocycles. The Kier molecular flexibility index (Phi) is 6.12. The molecular formula is C28H23N7O. The van der Waals surface area contributed by atoms with Gasteiger partial charge in [0, 0.05) is 42.2 Å². The Morgan fingerprint density at radius 1 is 1.06 bits per heavy atom. The van der Waals surface area contributed by atoms with E-state index in [1.807, 2.05) is 68.7 Å². The van der Waals surface area contributed by atoms with Crippen LogP contribution in [0.25, 0.3) is 22.0 Å². The first kappa shape index (κ1) is 22.7. The normalized spacial score (nSPS) is 11.5. The fourth-order valence-electron chi connectivity index (χ4n) is 3.98. The van der Waals surface area contributed by atoms with Gasteiger partial charge in [0.2, 0.25) is 0 Å². The van der Waals surface area contributed by atoms with Crippen LogP contribution < -0.4 is 11.1 Å². The number of anilines is 1. The van der Waals surface area contributed by atoms with Crippen molar-refractivity contribution >= 4 is 22.6 Å². The predicted octanol–water partition coefficient (Wildman–Crippen LogP) is 3.90. The first-order valence-corrected chi connectivity index (χ1v) is 11.4. The van der Waals surface area contributed by atoms with Crippen LogP contribution in [-0.4, -0.2) is 30.6 Å². The largest absolute Gasteiger partial charge is 0.382 e. The van der Waals surface area contributed by atoms with Crippen LogP contribution in [0.3, 0.4) is 0 Å². The van der Waals surface area contributed by atoms with E-state index >= 15 is 0 Å². The van der Waals surface area contributed by atoms with E-state index < -0.39 is 11.9 Å². The van der Waals surface area contributed by atoms with Gasteiger partial charge in [-0.1, -0.05) is 48.2 Å². The Balaban J connectivity index is 1.59. The summed E-state index contributed by atoms with van der Waals surface area (Å²) in [7, 11) is 1.86. The lowest BCUT2D eigenvalue weighted by Gasteiger charge is -2.19. The number of rotatable bonds is 4. The van der Waals surface area contributed by atoms with E-state index in [9.17, 15) is 4.79 Å². The van der Waals surface area contributed by atoms with Crippen molar-refractivity contribution in [2.24, 2.45) is 7.05 Å². The van der Waals surface area contributed by atoms with Crippen LogP contribution in [0.2, 0.25) is 0 Å². The molecule has 0 saturated heterocycles. The summed E-state index contributed by atoms with van der Waals surface area (Å²) >= 11 is 0. The van der Waals surface area contributed by atoms with E-state index in [0.29, 0.717) is 0 Å². The third kappa shape index (κ3) is 4.63. The number of carbonyl (C=O) groups excluding carboxylic acids is 1. The summed E-state index contributed by atoms with van der Waals surface area (Å²) in [6.45, 7) is 1.89. The topological polar surface area (TPSA) is 112 Å². The number of nitrogens with one attached hydrogen (secondary N) is 1. The third-order valence-electron chi connectivity index (χ3n) is 5.72. The molecule has 0 bridgehead atoms. The van der Waals surface area contributed by atoms with Crippen LogP contribution in [0.5, 0.6) is 0 Å². The Morgan fingerprint density at radius 3 is 2.61 bits per heavy atom. The Bertz CT molecular complexity index is 1630. The maximum Gasteiger partial charge on any atom is 0.274 e. The van der Waals surface area contributed by atoms with Crippen LogP contribution >= 0.6 is 0 Å². The maximum atomic E-state index is 12.9. The van der Waals surface area contributed by atoms with E-state index in [0.717, 1.165) is 38.9 Å². The molecule has 5 rings (SSSR count). The van der Waals surface area contributed by atoms with Gasteiger partial charge in [-0.05, 0) is 30.7 Å². The highest BCUT2D eigenvalue weighted by atomic mass is 16.2. The van der Waals surface area contributed by atoms with Crippen molar-refractivity contribution < 1.29 is 4.79 Å². The molecule has 3 N–H and O–H groups in total. The smallest absolute Gasteiger partial charge is 0.274 e. The van der Waals surface area contributed by atoms with Crippen molar-refractivity contribution in [3.8, 4) is 23.0 Å². The van der Waals surface area contributed by atoms with Gasteiger partial charge in [0.25, 0.3) is 5.91 Å². The Hall–Kier alpha value is -5.03. The molecule has 0 saturated carbocycles. The van der Waals surface area contributed by atoms with Gasteiger partial charge in [-0.25, -0.2) is 15.0 Å². The van der Waals surface area contributed by atoms with Gasteiger partial charge in [-0.15, -0.1) is 0 Å². The molecule has 1 atom stereocenters. The number of amides is 1. The van der Waals surface area contributed by atoms with Gasteiger partial charge >= 0.3 is 0 Å². The number of fused-ring (bicyclic) bond motifs is 1. The fourth-order valence-corrected chi connectivity index (χ4v) is 3.98. The van der Waals surface area contributed by atoms with E-state index in [1.54, 1.807) is 10.9 Å². The molecule has 8 heteroatoms. The molecule has 0 aliphatic carbocycles. The van der Waals surface area contributed by atoms with Crippen LogP contribution in [-0.2, 0) is 7.05 Å². The van der Waals surface area contributed by atoms with Crippen LogP contribution in [0.1, 0.15) is 40.3 Å². The van der Waals surface area contributed by atoms with Crippen molar-refractivity contribution in [3.05, 3.63) is 102 Å². The molecule has 176 valence electrons. The summed E-state index contributed by atoms with van der Waals surface area (Å²) in [5.74, 6) is 6.11. The molecule has 3 aromatic heterocycles. The molecule has 0 fully saturated rings. The van der Waals surface area contributed by atoms with Crippen molar-refractivity contribution in [3.63, 3.8) is 0 Å². The average molecular weight is 474 g/mol. The summed E-state index contributed by atoms with van der Waals surface area (Å²) in [4.78, 5) is 25.9. The van der Waals surface area contributed by atoms with E-state index in [-0.39, 0.29) is 11.5 Å². The highest BCUT2D eigenvalue weighted by molar-refractivity contribution is 5.96. The van der Waals surface area contributed by atoms with Gasteiger partial charge in [-0.3, -0.25) is 9.48 Å². The molecule has 5 aromatic rings. The third-order valence-corrected chi connectivity index (χ3v) is 5.72. The molecule has 0 radical (unpaired) electrons. The lowest BCUT2D eigenvalue weighted by atomic mass is 9.96. The monoisotopic (exact) mass is 473 g/mol. The van der Waals surface area contributed by atoms with Gasteiger partial charge in [0.05, 0.1) is 29.0 Å². The number of nitrogen functional groups attached to an aromatic ring is 1. The van der Waals surface area contributed by atoms with Gasteiger partial charge in [0.1, 0.15) is 0 Å². The molecule has 0 aliphatic rings. The lowest BCUT2D eigenvalue weighted by Crippen LogP contribution is -2.29.